The lowest BCUT2D eigenvalue weighted by atomic mass is 10.1. The van der Waals surface area contributed by atoms with Crippen LogP contribution in [-0.4, -0.2) is 12.5 Å². The van der Waals surface area contributed by atoms with Gasteiger partial charge >= 0.3 is 6.18 Å². The van der Waals surface area contributed by atoms with Crippen molar-refractivity contribution in [3.05, 3.63) is 35.4 Å². The maximum atomic E-state index is 12.2. The Labute approximate surface area is 89.5 Å². The first kappa shape index (κ1) is 12.0. The van der Waals surface area contributed by atoms with Crippen LogP contribution in [0.3, 0.4) is 0 Å². The Kier molecular flexibility index (Phi) is 3.51. The Morgan fingerprint density at radius 2 is 1.88 bits per heavy atom. The molecule has 1 aromatic carbocycles. The molecule has 1 aromatic rings. The number of carbonyl (C=O) groups is 1. The predicted octanol–water partition coefficient (Wildman–Crippen LogP) is 1.96. The normalized spacial score (nSPS) is 10.6. The third kappa shape index (κ3) is 2.98. The minimum Gasteiger partial charge on any atom is -0.339 e. The second-order valence-electron chi connectivity index (χ2n) is 2.92. The van der Waals surface area contributed by atoms with Crippen LogP contribution in [0.2, 0.25) is 0 Å². The molecule has 6 heteroatoms. The summed E-state index contributed by atoms with van der Waals surface area (Å²) >= 11 is 0. The van der Waals surface area contributed by atoms with E-state index in [9.17, 15) is 18.0 Å². The zero-order valence-corrected chi connectivity index (χ0v) is 8.01. The fourth-order valence-electron chi connectivity index (χ4n) is 1.03. The largest absolute Gasteiger partial charge is 0.416 e. The van der Waals surface area contributed by atoms with Crippen molar-refractivity contribution in [2.45, 2.75) is 6.18 Å². The van der Waals surface area contributed by atoms with Crippen molar-refractivity contribution < 1.29 is 18.0 Å². The van der Waals surface area contributed by atoms with Crippen molar-refractivity contribution >= 4 is 5.91 Å². The van der Waals surface area contributed by atoms with E-state index in [1.165, 1.54) is 0 Å². The molecule has 1 rings (SSSR count). The third-order valence-corrected chi connectivity index (χ3v) is 1.80. The molecular weight excluding hydrogens is 221 g/mol. The lowest BCUT2D eigenvalue weighted by molar-refractivity contribution is -0.137. The molecule has 0 bridgehead atoms. The first-order valence-electron chi connectivity index (χ1n) is 4.27. The lowest BCUT2D eigenvalue weighted by Crippen LogP contribution is -2.23. The molecule has 84 valence electrons. The number of carbonyl (C=O) groups excluding carboxylic acids is 1. The van der Waals surface area contributed by atoms with Gasteiger partial charge in [0.1, 0.15) is 6.54 Å². The van der Waals surface area contributed by atoms with E-state index in [4.69, 9.17) is 5.26 Å². The molecule has 0 saturated heterocycles. The number of amides is 1. The van der Waals surface area contributed by atoms with Crippen molar-refractivity contribution in [3.63, 3.8) is 0 Å². The van der Waals surface area contributed by atoms with E-state index in [2.05, 4.69) is 5.32 Å². The zero-order chi connectivity index (χ0) is 12.2. The number of nitrogens with one attached hydrogen (secondary N) is 1. The summed E-state index contributed by atoms with van der Waals surface area (Å²) in [6.45, 7) is -0.181. The highest BCUT2D eigenvalue weighted by molar-refractivity contribution is 5.94. The number of nitrogens with zero attached hydrogens (tertiary/aromatic N) is 1. The van der Waals surface area contributed by atoms with Gasteiger partial charge in [0.05, 0.1) is 11.6 Å². The van der Waals surface area contributed by atoms with Gasteiger partial charge in [-0.05, 0) is 24.3 Å². The number of benzene rings is 1. The summed E-state index contributed by atoms with van der Waals surface area (Å²) in [6, 6.07) is 5.46. The fourth-order valence-corrected chi connectivity index (χ4v) is 1.03. The fraction of sp³-hybridized carbons (Fsp3) is 0.200. The van der Waals surface area contributed by atoms with Gasteiger partial charge in [-0.1, -0.05) is 0 Å². The summed E-state index contributed by atoms with van der Waals surface area (Å²) in [4.78, 5) is 11.2. The van der Waals surface area contributed by atoms with Crippen molar-refractivity contribution in [3.8, 4) is 6.07 Å². The number of hydrogen-bond donors (Lipinski definition) is 1. The smallest absolute Gasteiger partial charge is 0.339 e. The maximum Gasteiger partial charge on any atom is 0.416 e. The highest BCUT2D eigenvalue weighted by atomic mass is 19.4. The Bertz CT molecular complexity index is 417. The van der Waals surface area contributed by atoms with Crippen LogP contribution < -0.4 is 5.32 Å². The summed E-state index contributed by atoms with van der Waals surface area (Å²) < 4.78 is 36.5. The van der Waals surface area contributed by atoms with Gasteiger partial charge in [-0.15, -0.1) is 0 Å². The van der Waals surface area contributed by atoms with E-state index >= 15 is 0 Å². The summed E-state index contributed by atoms with van der Waals surface area (Å²) in [6.07, 6.45) is -4.42. The van der Waals surface area contributed by atoms with Crippen LogP contribution in [0.4, 0.5) is 13.2 Å². The quantitative estimate of drug-likeness (QED) is 0.786. The molecule has 0 saturated carbocycles. The van der Waals surface area contributed by atoms with Crippen LogP contribution >= 0.6 is 0 Å². The lowest BCUT2D eigenvalue weighted by Gasteiger charge is -2.07. The Hall–Kier alpha value is -2.03. The maximum absolute atomic E-state index is 12.2. The topological polar surface area (TPSA) is 52.9 Å². The van der Waals surface area contributed by atoms with Gasteiger partial charge in [0.15, 0.2) is 0 Å². The van der Waals surface area contributed by atoms with Crippen molar-refractivity contribution in [1.29, 1.82) is 5.26 Å². The molecule has 0 aliphatic rings. The molecule has 0 aliphatic heterocycles. The molecule has 0 aliphatic carbocycles. The van der Waals surface area contributed by atoms with Crippen LogP contribution in [0, 0.1) is 11.3 Å². The molecule has 0 unspecified atom stereocenters. The standard InChI is InChI=1S/C10H7F3N2O/c11-10(12,13)8-3-1-7(2-4-8)9(16)15-6-5-14/h1-4H,6H2,(H,15,16). The van der Waals surface area contributed by atoms with Gasteiger partial charge < -0.3 is 5.32 Å². The van der Waals surface area contributed by atoms with E-state index in [-0.39, 0.29) is 12.1 Å². The third-order valence-electron chi connectivity index (χ3n) is 1.80. The first-order valence-corrected chi connectivity index (χ1v) is 4.27. The molecule has 0 heterocycles. The van der Waals surface area contributed by atoms with Gasteiger partial charge in [-0.3, -0.25) is 4.79 Å². The number of nitriles is 1. The molecule has 0 atom stereocenters. The van der Waals surface area contributed by atoms with E-state index in [0.29, 0.717) is 0 Å². The molecule has 0 aromatic heterocycles. The average molecular weight is 228 g/mol. The number of halogens is 3. The minimum atomic E-state index is -4.42. The second kappa shape index (κ2) is 4.66. The Morgan fingerprint density at radius 1 is 1.31 bits per heavy atom. The van der Waals surface area contributed by atoms with Gasteiger partial charge in [0, 0.05) is 5.56 Å². The van der Waals surface area contributed by atoms with Gasteiger partial charge in [0.25, 0.3) is 5.91 Å². The molecular formula is C10H7F3N2O. The van der Waals surface area contributed by atoms with Crippen molar-refractivity contribution in [1.82, 2.24) is 5.32 Å². The molecule has 0 radical (unpaired) electrons. The highest BCUT2D eigenvalue weighted by Gasteiger charge is 2.30. The summed E-state index contributed by atoms with van der Waals surface area (Å²) in [5.74, 6) is -0.574. The Morgan fingerprint density at radius 3 is 2.31 bits per heavy atom. The molecule has 1 N–H and O–H groups in total. The highest BCUT2D eigenvalue weighted by Crippen LogP contribution is 2.28. The molecule has 0 spiro atoms. The van der Waals surface area contributed by atoms with Crippen LogP contribution in [0.5, 0.6) is 0 Å². The van der Waals surface area contributed by atoms with Crippen molar-refractivity contribution in [2.75, 3.05) is 6.54 Å². The predicted molar refractivity (Wildman–Crippen MR) is 49.4 cm³/mol. The van der Waals surface area contributed by atoms with E-state index in [1.54, 1.807) is 6.07 Å². The Balaban J connectivity index is 2.80. The van der Waals surface area contributed by atoms with Crippen molar-refractivity contribution in [2.24, 2.45) is 0 Å². The van der Waals surface area contributed by atoms with Crippen LogP contribution in [0.25, 0.3) is 0 Å². The van der Waals surface area contributed by atoms with E-state index in [1.807, 2.05) is 0 Å². The average Bonchev–Trinajstić information content (AvgIpc) is 2.25. The summed E-state index contributed by atoms with van der Waals surface area (Å²) in [5, 5.41) is 10.4. The van der Waals surface area contributed by atoms with E-state index < -0.39 is 17.6 Å². The van der Waals surface area contributed by atoms with Crippen LogP contribution in [0.1, 0.15) is 15.9 Å². The molecule has 3 nitrogen and oxygen atoms in total. The van der Waals surface area contributed by atoms with Crippen LogP contribution in [0.15, 0.2) is 24.3 Å². The number of alkyl halides is 3. The van der Waals surface area contributed by atoms with Gasteiger partial charge in [0.2, 0.25) is 0 Å². The first-order chi connectivity index (χ1) is 7.45. The number of rotatable bonds is 2. The monoisotopic (exact) mass is 228 g/mol. The molecule has 0 fully saturated rings. The summed E-state index contributed by atoms with van der Waals surface area (Å²) in [7, 11) is 0. The van der Waals surface area contributed by atoms with Gasteiger partial charge in [-0.2, -0.15) is 18.4 Å². The summed E-state index contributed by atoms with van der Waals surface area (Å²) in [5.41, 5.74) is -0.729. The number of hydrogen-bond acceptors (Lipinski definition) is 2. The second-order valence-corrected chi connectivity index (χ2v) is 2.92. The molecule has 16 heavy (non-hydrogen) atoms. The SMILES string of the molecule is N#CCNC(=O)c1ccc(C(F)(F)F)cc1. The van der Waals surface area contributed by atoms with Crippen LogP contribution in [-0.2, 0) is 6.18 Å². The zero-order valence-electron chi connectivity index (χ0n) is 8.01. The van der Waals surface area contributed by atoms with E-state index in [0.717, 1.165) is 24.3 Å². The van der Waals surface area contributed by atoms with Gasteiger partial charge in [-0.25, -0.2) is 0 Å². The molecule has 1 amide bonds. The minimum absolute atomic E-state index is 0.0863.